The maximum Gasteiger partial charge on any atom is 0.133 e. The van der Waals surface area contributed by atoms with Crippen molar-refractivity contribution in [2.75, 3.05) is 0 Å². The third-order valence-electron chi connectivity index (χ3n) is 10.7. The molecule has 0 amide bonds. The van der Waals surface area contributed by atoms with Gasteiger partial charge in [0.05, 0.1) is 6.10 Å². The summed E-state index contributed by atoms with van der Waals surface area (Å²) in [5.74, 6) is 5.16. The predicted molar refractivity (Wildman–Crippen MR) is 119 cm³/mol. The van der Waals surface area contributed by atoms with Gasteiger partial charge in [-0.3, -0.25) is 4.79 Å². The van der Waals surface area contributed by atoms with Crippen molar-refractivity contribution < 1.29 is 9.90 Å². The summed E-state index contributed by atoms with van der Waals surface area (Å²) < 4.78 is 0. The summed E-state index contributed by atoms with van der Waals surface area (Å²) in [5, 5.41) is 11.3. The Balaban J connectivity index is 1.51. The van der Waals surface area contributed by atoms with Crippen molar-refractivity contribution in [3.8, 4) is 0 Å². The molecule has 0 saturated heterocycles. The van der Waals surface area contributed by atoms with Crippen LogP contribution in [0.4, 0.5) is 0 Å². The van der Waals surface area contributed by atoms with Crippen molar-refractivity contribution in [3.05, 3.63) is 0 Å². The fraction of sp³-hybridized carbons (Fsp3) is 0.963. The van der Waals surface area contributed by atoms with Crippen LogP contribution in [0.1, 0.15) is 105 Å². The summed E-state index contributed by atoms with van der Waals surface area (Å²) in [4.78, 5) is 12.1. The van der Waals surface area contributed by atoms with Crippen molar-refractivity contribution in [2.24, 2.45) is 52.3 Å². The topological polar surface area (TPSA) is 37.3 Å². The maximum absolute atomic E-state index is 12.1. The fourth-order valence-electron chi connectivity index (χ4n) is 9.04. The Kier molecular flexibility index (Phi) is 5.99. The lowest BCUT2D eigenvalue weighted by molar-refractivity contribution is -0.168. The maximum atomic E-state index is 12.1. The molecule has 0 unspecified atom stereocenters. The quantitative estimate of drug-likeness (QED) is 0.559. The van der Waals surface area contributed by atoms with E-state index >= 15 is 0 Å². The first kappa shape index (κ1) is 21.8. The molecule has 4 saturated carbocycles. The lowest BCUT2D eigenvalue weighted by Crippen LogP contribution is -2.58. The standard InChI is InChI=1S/C27H46O2/c1-17(2)7-6-8-18(3)21-9-10-22-25-23(12-14-27(21,22)5)26(4)13-11-20(28)15-19(26)16-24(25)29/h17-19,21-25,29H,6-16H2,1-5H3/t18-,19-,21-,22+,23+,24+,25+,26+,27-/m1/s1. The van der Waals surface area contributed by atoms with Crippen molar-refractivity contribution in [2.45, 2.75) is 111 Å². The Morgan fingerprint density at radius 3 is 2.45 bits per heavy atom. The molecule has 166 valence electrons. The zero-order chi connectivity index (χ0) is 21.0. The molecule has 1 N–H and O–H groups in total. The molecule has 0 heterocycles. The number of rotatable bonds is 5. The van der Waals surface area contributed by atoms with Gasteiger partial charge in [-0.1, -0.05) is 53.9 Å². The van der Waals surface area contributed by atoms with E-state index in [2.05, 4.69) is 34.6 Å². The van der Waals surface area contributed by atoms with Gasteiger partial charge in [0.15, 0.2) is 0 Å². The van der Waals surface area contributed by atoms with Gasteiger partial charge in [0.1, 0.15) is 5.78 Å². The number of ketones is 1. The van der Waals surface area contributed by atoms with Gasteiger partial charge in [0, 0.05) is 12.8 Å². The molecule has 2 nitrogen and oxygen atoms in total. The van der Waals surface area contributed by atoms with Crippen molar-refractivity contribution >= 4 is 5.78 Å². The van der Waals surface area contributed by atoms with Crippen LogP contribution in [0.2, 0.25) is 0 Å². The molecule has 0 aromatic rings. The minimum atomic E-state index is -0.177. The number of hydrogen-bond acceptors (Lipinski definition) is 2. The molecule has 0 bridgehead atoms. The molecule has 0 aliphatic heterocycles. The number of hydrogen-bond donors (Lipinski definition) is 1. The molecule has 29 heavy (non-hydrogen) atoms. The average Bonchev–Trinajstić information content (AvgIpc) is 3.00. The first-order valence-electron chi connectivity index (χ1n) is 12.9. The molecule has 4 rings (SSSR count). The lowest BCUT2D eigenvalue weighted by Gasteiger charge is -2.62. The largest absolute Gasteiger partial charge is 0.393 e. The highest BCUT2D eigenvalue weighted by Gasteiger charge is 2.62. The summed E-state index contributed by atoms with van der Waals surface area (Å²) in [7, 11) is 0. The first-order chi connectivity index (χ1) is 13.7. The van der Waals surface area contributed by atoms with Crippen LogP contribution in [0.15, 0.2) is 0 Å². The second kappa shape index (κ2) is 7.95. The number of carbonyl (C=O) groups is 1. The highest BCUT2D eigenvalue weighted by molar-refractivity contribution is 5.79. The van der Waals surface area contributed by atoms with Gasteiger partial charge in [0.25, 0.3) is 0 Å². The minimum absolute atomic E-state index is 0.177. The van der Waals surface area contributed by atoms with Crippen LogP contribution in [0.25, 0.3) is 0 Å². The number of aliphatic hydroxyl groups is 1. The van der Waals surface area contributed by atoms with E-state index in [4.69, 9.17) is 0 Å². The molecule has 2 heteroatoms. The van der Waals surface area contributed by atoms with E-state index in [1.807, 2.05) is 0 Å². The third kappa shape index (κ3) is 3.64. The summed E-state index contributed by atoms with van der Waals surface area (Å²) in [6.45, 7) is 12.3. The third-order valence-corrected chi connectivity index (χ3v) is 10.7. The van der Waals surface area contributed by atoms with Crippen LogP contribution in [-0.4, -0.2) is 17.0 Å². The van der Waals surface area contributed by atoms with E-state index in [-0.39, 0.29) is 6.10 Å². The van der Waals surface area contributed by atoms with E-state index < -0.39 is 0 Å². The Morgan fingerprint density at radius 2 is 1.72 bits per heavy atom. The summed E-state index contributed by atoms with van der Waals surface area (Å²) in [5.41, 5.74) is 0.715. The second-order valence-corrected chi connectivity index (χ2v) is 12.6. The summed E-state index contributed by atoms with van der Waals surface area (Å²) in [6.07, 6.45) is 12.7. The van der Waals surface area contributed by atoms with Crippen molar-refractivity contribution in [1.29, 1.82) is 0 Å². The van der Waals surface area contributed by atoms with E-state index in [0.29, 0.717) is 40.3 Å². The van der Waals surface area contributed by atoms with Crippen LogP contribution >= 0.6 is 0 Å². The Bertz CT molecular complexity index is 612. The molecule has 0 spiro atoms. The lowest BCUT2D eigenvalue weighted by atomic mass is 9.44. The normalized spacial score (nSPS) is 48.2. The molecule has 4 aliphatic rings. The van der Waals surface area contributed by atoms with E-state index in [0.717, 1.165) is 43.4 Å². The zero-order valence-corrected chi connectivity index (χ0v) is 19.8. The number of carbonyl (C=O) groups excluding carboxylic acids is 1. The van der Waals surface area contributed by atoms with Gasteiger partial charge in [-0.05, 0) is 90.8 Å². The minimum Gasteiger partial charge on any atom is -0.393 e. The molecule has 0 radical (unpaired) electrons. The second-order valence-electron chi connectivity index (χ2n) is 12.6. The first-order valence-corrected chi connectivity index (χ1v) is 12.9. The van der Waals surface area contributed by atoms with Crippen LogP contribution in [0, 0.1) is 52.3 Å². The van der Waals surface area contributed by atoms with E-state index in [1.54, 1.807) is 0 Å². The van der Waals surface area contributed by atoms with Gasteiger partial charge in [-0.15, -0.1) is 0 Å². The van der Waals surface area contributed by atoms with Crippen LogP contribution in [0.5, 0.6) is 0 Å². The highest BCUT2D eigenvalue weighted by atomic mass is 16.3. The molecule has 0 aromatic carbocycles. The Hall–Kier alpha value is -0.370. The Labute approximate surface area is 179 Å². The summed E-state index contributed by atoms with van der Waals surface area (Å²) in [6, 6.07) is 0. The highest BCUT2D eigenvalue weighted by Crippen LogP contribution is 2.68. The molecule has 4 fully saturated rings. The van der Waals surface area contributed by atoms with Gasteiger partial charge in [-0.25, -0.2) is 0 Å². The molecule has 4 aliphatic carbocycles. The number of Topliss-reactive ketones (excluding diaryl/α,β-unsaturated/α-hetero) is 1. The Morgan fingerprint density at radius 1 is 1.00 bits per heavy atom. The van der Waals surface area contributed by atoms with E-state index in [9.17, 15) is 9.90 Å². The van der Waals surface area contributed by atoms with Crippen LogP contribution in [0.3, 0.4) is 0 Å². The van der Waals surface area contributed by atoms with Crippen LogP contribution in [-0.2, 0) is 4.79 Å². The summed E-state index contributed by atoms with van der Waals surface area (Å²) >= 11 is 0. The fourth-order valence-corrected chi connectivity index (χ4v) is 9.04. The van der Waals surface area contributed by atoms with Gasteiger partial charge in [-0.2, -0.15) is 0 Å². The van der Waals surface area contributed by atoms with Crippen molar-refractivity contribution in [1.82, 2.24) is 0 Å². The van der Waals surface area contributed by atoms with Gasteiger partial charge < -0.3 is 5.11 Å². The van der Waals surface area contributed by atoms with Gasteiger partial charge >= 0.3 is 0 Å². The molecule has 9 atom stereocenters. The zero-order valence-electron chi connectivity index (χ0n) is 19.8. The molecule has 0 aromatic heterocycles. The van der Waals surface area contributed by atoms with E-state index in [1.165, 1.54) is 44.9 Å². The molecular formula is C27H46O2. The van der Waals surface area contributed by atoms with Crippen molar-refractivity contribution in [3.63, 3.8) is 0 Å². The van der Waals surface area contributed by atoms with Gasteiger partial charge in [0.2, 0.25) is 0 Å². The number of fused-ring (bicyclic) bond motifs is 5. The smallest absolute Gasteiger partial charge is 0.133 e. The SMILES string of the molecule is CC(C)CCC[C@@H](C)[C@H]1CC[C@H]2[C@@H]3[C@@H](O)C[C@H]4CC(=O)CC[C@]4(C)[C@H]3CC[C@]12C. The monoisotopic (exact) mass is 402 g/mol. The average molecular weight is 403 g/mol. The van der Waals surface area contributed by atoms with Crippen LogP contribution < -0.4 is 0 Å². The number of aliphatic hydroxyl groups excluding tert-OH is 1. The molecular weight excluding hydrogens is 356 g/mol. The predicted octanol–water partition coefficient (Wildman–Crippen LogP) is 6.65.